The van der Waals surface area contributed by atoms with Crippen LogP contribution in [0.1, 0.15) is 0 Å². The number of methoxy groups -OCH3 is 2. The average molecular weight is 543 g/mol. The van der Waals surface area contributed by atoms with Crippen LogP contribution in [0.4, 0.5) is 10.5 Å². The van der Waals surface area contributed by atoms with Crippen LogP contribution in [-0.4, -0.2) is 65.9 Å². The fraction of sp³-hybridized carbons (Fsp3) is 0.300. The summed E-state index contributed by atoms with van der Waals surface area (Å²) in [5.41, 5.74) is 3.36. The van der Waals surface area contributed by atoms with Crippen LogP contribution in [0.5, 0.6) is 11.5 Å². The Labute approximate surface area is 192 Å². The molecule has 0 aliphatic carbocycles. The minimum atomic E-state index is -0.871. The van der Waals surface area contributed by atoms with Gasteiger partial charge in [0.25, 0.3) is 0 Å². The van der Waals surface area contributed by atoms with Gasteiger partial charge in [-0.25, -0.2) is 9.78 Å². The Morgan fingerprint density at radius 1 is 1.13 bits per heavy atom. The topological polar surface area (TPSA) is 79.5 Å². The summed E-state index contributed by atoms with van der Waals surface area (Å²) in [5.74, 6) is 1.17. The number of nitrogens with zero attached hydrogens (tertiary/aromatic N) is 4. The number of carboxylic acid groups (broad SMARTS) is 1. The Morgan fingerprint density at radius 3 is 2.47 bits per heavy atom. The van der Waals surface area contributed by atoms with Crippen molar-refractivity contribution in [1.29, 1.82) is 0 Å². The molecule has 0 saturated carbocycles. The summed E-state index contributed by atoms with van der Waals surface area (Å²) in [6.45, 7) is 2.27. The number of carbonyl (C=O) groups is 1. The molecular weight excluding hydrogens is 523 g/mol. The van der Waals surface area contributed by atoms with Gasteiger partial charge in [0.05, 0.1) is 19.2 Å². The molecule has 2 aromatic heterocycles. The van der Waals surface area contributed by atoms with E-state index in [-0.39, 0.29) is 0 Å². The number of hydrogen-bond acceptors (Lipinski definition) is 5. The van der Waals surface area contributed by atoms with E-state index in [4.69, 9.17) is 31.2 Å². The molecule has 10 heteroatoms. The molecule has 0 spiro atoms. The van der Waals surface area contributed by atoms with Crippen LogP contribution in [0.3, 0.4) is 0 Å². The third-order valence-corrected chi connectivity index (χ3v) is 6.52. The van der Waals surface area contributed by atoms with Crippen LogP contribution in [-0.2, 0) is 0 Å². The standard InChI is InChI=1S/C20H20ClIN4O4/c1-29-15-11-16(30-2)14(21)10-13(15)18-19(22)26-4-3-12(9-17(26)23-18)24-5-7-25(8-6-24)20(27)28/h3-4,9-11H,5-8H2,1-2H3,(H,27,28). The highest BCUT2D eigenvalue weighted by molar-refractivity contribution is 14.1. The quantitative estimate of drug-likeness (QED) is 0.501. The van der Waals surface area contributed by atoms with Crippen LogP contribution >= 0.6 is 34.2 Å². The summed E-state index contributed by atoms with van der Waals surface area (Å²) in [7, 11) is 3.16. The van der Waals surface area contributed by atoms with E-state index in [1.807, 2.05) is 22.7 Å². The second kappa shape index (κ2) is 8.38. The molecule has 1 aliphatic rings. The fourth-order valence-corrected chi connectivity index (χ4v) is 4.63. The lowest BCUT2D eigenvalue weighted by Crippen LogP contribution is -2.48. The van der Waals surface area contributed by atoms with Crippen molar-refractivity contribution in [2.75, 3.05) is 45.3 Å². The molecule has 0 unspecified atom stereocenters. The number of piperazine rings is 1. The lowest BCUT2D eigenvalue weighted by molar-refractivity contribution is 0.142. The number of hydrogen-bond donors (Lipinski definition) is 1. The highest BCUT2D eigenvalue weighted by Gasteiger charge is 2.22. The second-order valence-corrected chi connectivity index (χ2v) is 8.24. The Bertz CT molecular complexity index is 1110. The maximum Gasteiger partial charge on any atom is 0.407 e. The monoisotopic (exact) mass is 542 g/mol. The molecule has 0 atom stereocenters. The number of rotatable bonds is 4. The summed E-state index contributed by atoms with van der Waals surface area (Å²) < 4.78 is 13.8. The number of anilines is 1. The van der Waals surface area contributed by atoms with Crippen molar-refractivity contribution in [2.24, 2.45) is 0 Å². The van der Waals surface area contributed by atoms with E-state index in [2.05, 4.69) is 27.5 Å². The van der Waals surface area contributed by atoms with Gasteiger partial charge in [0.1, 0.15) is 26.5 Å². The number of benzene rings is 1. The molecule has 3 aromatic rings. The largest absolute Gasteiger partial charge is 0.496 e. The highest BCUT2D eigenvalue weighted by atomic mass is 127. The first-order valence-electron chi connectivity index (χ1n) is 9.25. The van der Waals surface area contributed by atoms with E-state index in [9.17, 15) is 4.79 Å². The van der Waals surface area contributed by atoms with Crippen molar-refractivity contribution < 1.29 is 19.4 Å². The van der Waals surface area contributed by atoms with Crippen molar-refractivity contribution >= 4 is 51.6 Å². The molecule has 1 amide bonds. The van der Waals surface area contributed by atoms with Gasteiger partial charge in [0.15, 0.2) is 0 Å². The highest BCUT2D eigenvalue weighted by Crippen LogP contribution is 2.40. The molecule has 1 N–H and O–H groups in total. The van der Waals surface area contributed by atoms with E-state index in [0.717, 1.165) is 26.3 Å². The lowest BCUT2D eigenvalue weighted by atomic mass is 10.1. The number of ether oxygens (including phenoxy) is 2. The number of halogens is 2. The predicted molar refractivity (Wildman–Crippen MR) is 123 cm³/mol. The zero-order chi connectivity index (χ0) is 21.4. The molecular formula is C20H20ClIN4O4. The van der Waals surface area contributed by atoms with Gasteiger partial charge in [-0.2, -0.15) is 0 Å². The molecule has 1 fully saturated rings. The Kier molecular flexibility index (Phi) is 5.83. The first-order chi connectivity index (χ1) is 14.4. The molecule has 8 nitrogen and oxygen atoms in total. The summed E-state index contributed by atoms with van der Waals surface area (Å²) in [4.78, 5) is 19.6. The van der Waals surface area contributed by atoms with E-state index >= 15 is 0 Å². The minimum Gasteiger partial charge on any atom is -0.496 e. The first-order valence-corrected chi connectivity index (χ1v) is 10.7. The zero-order valence-corrected chi connectivity index (χ0v) is 19.3. The summed E-state index contributed by atoms with van der Waals surface area (Å²) >= 11 is 8.61. The molecule has 0 radical (unpaired) electrons. The van der Waals surface area contributed by atoms with Crippen LogP contribution < -0.4 is 14.4 Å². The number of amides is 1. The van der Waals surface area contributed by atoms with Crippen LogP contribution in [0.15, 0.2) is 30.5 Å². The van der Waals surface area contributed by atoms with E-state index in [1.54, 1.807) is 26.4 Å². The fourth-order valence-electron chi connectivity index (χ4n) is 3.57. The van der Waals surface area contributed by atoms with Crippen molar-refractivity contribution in [3.8, 4) is 22.8 Å². The molecule has 1 saturated heterocycles. The second-order valence-electron chi connectivity index (χ2n) is 6.81. The number of fused-ring (bicyclic) bond motifs is 1. The Balaban J connectivity index is 1.70. The van der Waals surface area contributed by atoms with Crippen LogP contribution in [0.25, 0.3) is 16.9 Å². The number of imidazole rings is 1. The third-order valence-electron chi connectivity index (χ3n) is 5.20. The maximum atomic E-state index is 11.1. The maximum absolute atomic E-state index is 11.1. The summed E-state index contributed by atoms with van der Waals surface area (Å²) in [6, 6.07) is 7.59. The molecule has 1 aliphatic heterocycles. The van der Waals surface area contributed by atoms with E-state index in [1.165, 1.54) is 4.90 Å². The van der Waals surface area contributed by atoms with Crippen molar-refractivity contribution in [1.82, 2.24) is 14.3 Å². The van der Waals surface area contributed by atoms with Gasteiger partial charge in [0, 0.05) is 55.8 Å². The minimum absolute atomic E-state index is 0.484. The normalized spacial score (nSPS) is 14.3. The summed E-state index contributed by atoms with van der Waals surface area (Å²) in [6.07, 6.45) is 1.11. The molecule has 30 heavy (non-hydrogen) atoms. The van der Waals surface area contributed by atoms with Gasteiger partial charge in [-0.3, -0.25) is 4.40 Å². The number of pyridine rings is 1. The van der Waals surface area contributed by atoms with Crippen LogP contribution in [0.2, 0.25) is 5.02 Å². The van der Waals surface area contributed by atoms with Gasteiger partial charge in [-0.15, -0.1) is 0 Å². The van der Waals surface area contributed by atoms with Gasteiger partial charge < -0.3 is 24.4 Å². The van der Waals surface area contributed by atoms with Crippen molar-refractivity contribution in [2.45, 2.75) is 0 Å². The lowest BCUT2D eigenvalue weighted by Gasteiger charge is -2.34. The molecule has 3 heterocycles. The first kappa shape index (κ1) is 20.9. The molecule has 4 rings (SSSR count). The van der Waals surface area contributed by atoms with Gasteiger partial charge in [0.2, 0.25) is 0 Å². The SMILES string of the molecule is COc1cc(OC)c(-c2nc3cc(N4CCN(C(=O)O)CC4)ccn3c2I)cc1Cl. The Morgan fingerprint density at radius 2 is 1.83 bits per heavy atom. The average Bonchev–Trinajstić information content (AvgIpc) is 3.09. The molecule has 0 bridgehead atoms. The molecule has 158 valence electrons. The van der Waals surface area contributed by atoms with E-state index < -0.39 is 6.09 Å². The zero-order valence-electron chi connectivity index (χ0n) is 16.4. The van der Waals surface area contributed by atoms with E-state index in [0.29, 0.717) is 42.7 Å². The van der Waals surface area contributed by atoms with Gasteiger partial charge in [-0.05, 0) is 34.7 Å². The van der Waals surface area contributed by atoms with Gasteiger partial charge >= 0.3 is 6.09 Å². The number of aromatic nitrogens is 2. The van der Waals surface area contributed by atoms with Crippen molar-refractivity contribution in [3.05, 3.63) is 39.2 Å². The predicted octanol–water partition coefficient (Wildman–Crippen LogP) is 4.08. The van der Waals surface area contributed by atoms with Crippen molar-refractivity contribution in [3.63, 3.8) is 0 Å². The smallest absolute Gasteiger partial charge is 0.407 e. The Hall–Kier alpha value is -2.40. The van der Waals surface area contributed by atoms with Gasteiger partial charge in [-0.1, -0.05) is 11.6 Å². The molecule has 1 aromatic carbocycles. The van der Waals surface area contributed by atoms with Crippen LogP contribution in [0, 0.1) is 3.70 Å². The summed E-state index contributed by atoms with van der Waals surface area (Å²) in [5, 5.41) is 9.62. The third kappa shape index (κ3) is 3.71.